The minimum absolute atomic E-state index is 0.118. The predicted molar refractivity (Wildman–Crippen MR) is 53.5 cm³/mol. The molecule has 0 aromatic heterocycles. The molecular formula is C11H21NO. The summed E-state index contributed by atoms with van der Waals surface area (Å²) in [5.41, 5.74) is 6.26. The molecule has 2 saturated carbocycles. The highest BCUT2D eigenvalue weighted by Gasteiger charge is 2.45. The van der Waals surface area contributed by atoms with E-state index in [9.17, 15) is 0 Å². The van der Waals surface area contributed by atoms with Crippen molar-refractivity contribution >= 4 is 0 Å². The van der Waals surface area contributed by atoms with Gasteiger partial charge in [0.15, 0.2) is 0 Å². The molecule has 13 heavy (non-hydrogen) atoms. The Balaban J connectivity index is 1.90. The van der Waals surface area contributed by atoms with Gasteiger partial charge in [-0.2, -0.15) is 0 Å². The Morgan fingerprint density at radius 2 is 1.85 bits per heavy atom. The van der Waals surface area contributed by atoms with Gasteiger partial charge >= 0.3 is 0 Å². The molecule has 2 rings (SSSR count). The van der Waals surface area contributed by atoms with Crippen molar-refractivity contribution in [2.75, 3.05) is 6.61 Å². The third kappa shape index (κ3) is 1.89. The molecule has 2 N–H and O–H groups in total. The molecule has 2 unspecified atom stereocenters. The Morgan fingerprint density at radius 3 is 2.31 bits per heavy atom. The van der Waals surface area contributed by atoms with E-state index in [0.717, 1.165) is 18.4 Å². The Hall–Kier alpha value is -0.0800. The molecule has 0 bridgehead atoms. The highest BCUT2D eigenvalue weighted by molar-refractivity contribution is 5.00. The molecule has 2 heteroatoms. The minimum Gasteiger partial charge on any atom is -0.378 e. The van der Waals surface area contributed by atoms with E-state index in [0.29, 0.717) is 6.10 Å². The first-order chi connectivity index (χ1) is 6.11. The van der Waals surface area contributed by atoms with Gasteiger partial charge in [0, 0.05) is 12.1 Å². The lowest BCUT2D eigenvalue weighted by Crippen LogP contribution is -2.33. The zero-order valence-corrected chi connectivity index (χ0v) is 8.75. The van der Waals surface area contributed by atoms with Crippen LogP contribution in [0.1, 0.15) is 39.5 Å². The molecule has 0 aromatic carbocycles. The van der Waals surface area contributed by atoms with E-state index in [1.807, 2.05) is 0 Å². The van der Waals surface area contributed by atoms with Crippen LogP contribution in [0.2, 0.25) is 0 Å². The van der Waals surface area contributed by atoms with Crippen molar-refractivity contribution in [3.63, 3.8) is 0 Å². The summed E-state index contributed by atoms with van der Waals surface area (Å²) in [7, 11) is 0. The average molecular weight is 183 g/mol. The molecule has 2 aliphatic carbocycles. The van der Waals surface area contributed by atoms with Gasteiger partial charge in [0.05, 0.1) is 6.10 Å². The number of fused-ring (bicyclic) bond motifs is 1. The summed E-state index contributed by atoms with van der Waals surface area (Å²) in [6, 6.07) is 0. The Bertz CT molecular complexity index is 175. The number of nitrogens with two attached hydrogens (primary N) is 1. The van der Waals surface area contributed by atoms with Crippen LogP contribution in [0.3, 0.4) is 0 Å². The Morgan fingerprint density at radius 1 is 1.31 bits per heavy atom. The molecule has 2 aliphatic rings. The molecule has 2 fully saturated rings. The highest BCUT2D eigenvalue weighted by atomic mass is 16.5. The fourth-order valence-corrected chi connectivity index (χ4v) is 3.31. The van der Waals surface area contributed by atoms with Crippen molar-refractivity contribution in [2.45, 2.75) is 51.2 Å². The van der Waals surface area contributed by atoms with Crippen molar-refractivity contribution in [3.8, 4) is 0 Å². The maximum absolute atomic E-state index is 6.15. The van der Waals surface area contributed by atoms with E-state index < -0.39 is 0 Å². The van der Waals surface area contributed by atoms with Crippen LogP contribution in [0, 0.1) is 11.8 Å². The third-order valence-electron chi connectivity index (χ3n) is 3.66. The number of ether oxygens (including phenoxy) is 1. The standard InChI is InChI=1S/C11H21NO/c1-3-13-10-4-8-6-11(2,12)7-9(8)5-10/h8-10H,3-7,12H2,1-2H3. The SMILES string of the molecule is CCOC1CC2CC(C)(N)CC2C1. The van der Waals surface area contributed by atoms with E-state index in [1.165, 1.54) is 25.7 Å². The maximum atomic E-state index is 6.15. The van der Waals surface area contributed by atoms with Gasteiger partial charge in [-0.05, 0) is 51.4 Å². The quantitative estimate of drug-likeness (QED) is 0.710. The first-order valence-corrected chi connectivity index (χ1v) is 5.51. The second kappa shape index (κ2) is 3.25. The van der Waals surface area contributed by atoms with E-state index in [-0.39, 0.29) is 5.54 Å². The second-order valence-corrected chi connectivity index (χ2v) is 5.13. The van der Waals surface area contributed by atoms with Gasteiger partial charge in [0.25, 0.3) is 0 Å². The fraction of sp³-hybridized carbons (Fsp3) is 1.00. The molecule has 0 spiro atoms. The Labute approximate surface area is 80.8 Å². The summed E-state index contributed by atoms with van der Waals surface area (Å²) < 4.78 is 5.67. The zero-order chi connectivity index (χ0) is 9.47. The number of hydrogen-bond acceptors (Lipinski definition) is 2. The van der Waals surface area contributed by atoms with Crippen LogP contribution in [0.15, 0.2) is 0 Å². The normalized spacial score (nSPS) is 49.6. The van der Waals surface area contributed by atoms with Gasteiger partial charge in [0.1, 0.15) is 0 Å². The maximum Gasteiger partial charge on any atom is 0.0580 e. The first kappa shape index (κ1) is 9.47. The molecule has 0 aliphatic heterocycles. The monoisotopic (exact) mass is 183 g/mol. The molecule has 2 atom stereocenters. The summed E-state index contributed by atoms with van der Waals surface area (Å²) in [5, 5.41) is 0. The lowest BCUT2D eigenvalue weighted by atomic mass is 9.97. The Kier molecular flexibility index (Phi) is 2.37. The van der Waals surface area contributed by atoms with Crippen LogP contribution >= 0.6 is 0 Å². The number of rotatable bonds is 2. The third-order valence-corrected chi connectivity index (χ3v) is 3.66. The zero-order valence-electron chi connectivity index (χ0n) is 8.75. The van der Waals surface area contributed by atoms with Crippen molar-refractivity contribution in [2.24, 2.45) is 17.6 Å². The van der Waals surface area contributed by atoms with Gasteiger partial charge in [0.2, 0.25) is 0 Å². The smallest absolute Gasteiger partial charge is 0.0580 e. The molecule has 0 amide bonds. The lowest BCUT2D eigenvalue weighted by Gasteiger charge is -2.20. The predicted octanol–water partition coefficient (Wildman–Crippen LogP) is 1.93. The molecule has 0 heterocycles. The van der Waals surface area contributed by atoms with Gasteiger partial charge < -0.3 is 10.5 Å². The summed E-state index contributed by atoms with van der Waals surface area (Å²) in [4.78, 5) is 0. The largest absolute Gasteiger partial charge is 0.378 e. The van der Waals surface area contributed by atoms with Gasteiger partial charge in [-0.15, -0.1) is 0 Å². The van der Waals surface area contributed by atoms with Gasteiger partial charge in [-0.3, -0.25) is 0 Å². The van der Waals surface area contributed by atoms with E-state index in [2.05, 4.69) is 13.8 Å². The molecular weight excluding hydrogens is 162 g/mol. The molecule has 0 saturated heterocycles. The summed E-state index contributed by atoms with van der Waals surface area (Å²) in [6.45, 7) is 5.14. The van der Waals surface area contributed by atoms with Crippen molar-refractivity contribution in [1.29, 1.82) is 0 Å². The van der Waals surface area contributed by atoms with Crippen molar-refractivity contribution in [3.05, 3.63) is 0 Å². The van der Waals surface area contributed by atoms with Gasteiger partial charge in [-0.25, -0.2) is 0 Å². The van der Waals surface area contributed by atoms with Crippen molar-refractivity contribution < 1.29 is 4.74 Å². The first-order valence-electron chi connectivity index (χ1n) is 5.51. The van der Waals surface area contributed by atoms with Crippen LogP contribution < -0.4 is 5.73 Å². The topological polar surface area (TPSA) is 35.2 Å². The molecule has 0 aromatic rings. The van der Waals surface area contributed by atoms with E-state index in [1.54, 1.807) is 0 Å². The van der Waals surface area contributed by atoms with Gasteiger partial charge in [-0.1, -0.05) is 0 Å². The highest BCUT2D eigenvalue weighted by Crippen LogP contribution is 2.48. The van der Waals surface area contributed by atoms with E-state index in [4.69, 9.17) is 10.5 Å². The minimum atomic E-state index is 0.118. The second-order valence-electron chi connectivity index (χ2n) is 5.13. The lowest BCUT2D eigenvalue weighted by molar-refractivity contribution is 0.0605. The average Bonchev–Trinajstić information content (AvgIpc) is 2.41. The van der Waals surface area contributed by atoms with Crippen LogP contribution in [0.4, 0.5) is 0 Å². The van der Waals surface area contributed by atoms with E-state index >= 15 is 0 Å². The summed E-state index contributed by atoms with van der Waals surface area (Å²) in [6.07, 6.45) is 5.47. The van der Waals surface area contributed by atoms with Crippen molar-refractivity contribution in [1.82, 2.24) is 0 Å². The molecule has 76 valence electrons. The van der Waals surface area contributed by atoms with Crippen LogP contribution in [-0.4, -0.2) is 18.2 Å². The van der Waals surface area contributed by atoms with Crippen LogP contribution in [0.25, 0.3) is 0 Å². The van der Waals surface area contributed by atoms with Crippen LogP contribution in [-0.2, 0) is 4.74 Å². The van der Waals surface area contributed by atoms with Crippen LogP contribution in [0.5, 0.6) is 0 Å². The fourth-order valence-electron chi connectivity index (χ4n) is 3.31. The summed E-state index contributed by atoms with van der Waals surface area (Å²) >= 11 is 0. The molecule has 0 radical (unpaired) electrons. The number of hydrogen-bond donors (Lipinski definition) is 1. The summed E-state index contributed by atoms with van der Waals surface area (Å²) in [5.74, 6) is 1.71. The molecule has 2 nitrogen and oxygen atoms in total.